The lowest BCUT2D eigenvalue weighted by Crippen LogP contribution is -2.36. The first-order chi connectivity index (χ1) is 10.1. The highest BCUT2D eigenvalue weighted by Crippen LogP contribution is 2.32. The Balaban J connectivity index is 2.31. The molecule has 0 unspecified atom stereocenters. The van der Waals surface area contributed by atoms with E-state index >= 15 is 0 Å². The van der Waals surface area contributed by atoms with Crippen molar-refractivity contribution in [2.24, 2.45) is 5.41 Å². The number of nitrogens with zero attached hydrogens (tertiary/aromatic N) is 1. The van der Waals surface area contributed by atoms with Crippen molar-refractivity contribution in [2.45, 2.75) is 40.5 Å². The number of benzene rings is 1. The van der Waals surface area contributed by atoms with Crippen LogP contribution in [0.2, 0.25) is 0 Å². The van der Waals surface area contributed by atoms with Gasteiger partial charge in [0.25, 0.3) is 0 Å². The van der Waals surface area contributed by atoms with Crippen molar-refractivity contribution in [3.05, 3.63) is 23.8 Å². The van der Waals surface area contributed by atoms with Crippen LogP contribution in [0.1, 0.15) is 39.7 Å². The summed E-state index contributed by atoms with van der Waals surface area (Å²) in [5, 5.41) is 2.89. The molecule has 1 aliphatic heterocycles. The van der Waals surface area contributed by atoms with Gasteiger partial charge in [0.1, 0.15) is 0 Å². The zero-order chi connectivity index (χ0) is 16.5. The highest BCUT2D eigenvalue weighted by Gasteiger charge is 2.27. The zero-order valence-electron chi connectivity index (χ0n) is 13.6. The van der Waals surface area contributed by atoms with Gasteiger partial charge in [-0.2, -0.15) is 0 Å². The van der Waals surface area contributed by atoms with Gasteiger partial charge in [-0.3, -0.25) is 9.10 Å². The second-order valence-corrected chi connectivity index (χ2v) is 8.81. The van der Waals surface area contributed by atoms with Gasteiger partial charge in [0.15, 0.2) is 0 Å². The molecule has 0 aromatic heterocycles. The molecule has 0 radical (unpaired) electrons. The second-order valence-electron chi connectivity index (χ2n) is 6.62. The molecule has 0 fully saturated rings. The third kappa shape index (κ3) is 3.43. The summed E-state index contributed by atoms with van der Waals surface area (Å²) in [6.07, 6.45) is 1.62. The van der Waals surface area contributed by atoms with Gasteiger partial charge in [-0.1, -0.05) is 20.8 Å². The third-order valence-corrected chi connectivity index (χ3v) is 5.58. The predicted octanol–water partition coefficient (Wildman–Crippen LogP) is 2.77. The van der Waals surface area contributed by atoms with E-state index in [0.29, 0.717) is 6.54 Å². The Labute approximate surface area is 132 Å². The summed E-state index contributed by atoms with van der Waals surface area (Å²) in [5.74, 6) is 0.0379. The first-order valence-corrected chi connectivity index (χ1v) is 9.21. The molecule has 6 heteroatoms. The van der Waals surface area contributed by atoms with Gasteiger partial charge in [-0.05, 0) is 43.5 Å². The van der Waals surface area contributed by atoms with Gasteiger partial charge in [-0.25, -0.2) is 8.42 Å². The minimum atomic E-state index is -3.25. The summed E-state index contributed by atoms with van der Waals surface area (Å²) in [5.41, 5.74) is 1.96. The van der Waals surface area contributed by atoms with Crippen molar-refractivity contribution in [2.75, 3.05) is 21.9 Å². The Bertz CT molecular complexity index is 675. The number of anilines is 2. The average molecular weight is 324 g/mol. The van der Waals surface area contributed by atoms with Crippen molar-refractivity contribution in [1.82, 2.24) is 0 Å². The molecule has 122 valence electrons. The fourth-order valence-electron chi connectivity index (χ4n) is 2.40. The fraction of sp³-hybridized carbons (Fsp3) is 0.562. The minimum Gasteiger partial charge on any atom is -0.326 e. The molecule has 1 aromatic carbocycles. The van der Waals surface area contributed by atoms with Gasteiger partial charge in [0.05, 0.1) is 11.4 Å². The summed E-state index contributed by atoms with van der Waals surface area (Å²) in [4.78, 5) is 12.1. The van der Waals surface area contributed by atoms with Crippen LogP contribution in [0.4, 0.5) is 11.4 Å². The van der Waals surface area contributed by atoms with E-state index in [1.165, 1.54) is 4.31 Å². The number of fused-ring (bicyclic) bond motifs is 1. The van der Waals surface area contributed by atoms with Crippen molar-refractivity contribution < 1.29 is 13.2 Å². The van der Waals surface area contributed by atoms with Gasteiger partial charge in [-0.15, -0.1) is 0 Å². The fourth-order valence-corrected chi connectivity index (χ4v) is 3.60. The van der Waals surface area contributed by atoms with Crippen LogP contribution in [0.5, 0.6) is 0 Å². The Kier molecular flexibility index (Phi) is 4.52. The van der Waals surface area contributed by atoms with Crippen LogP contribution in [0.15, 0.2) is 18.2 Å². The maximum atomic E-state index is 12.2. The predicted molar refractivity (Wildman–Crippen MR) is 89.7 cm³/mol. The monoisotopic (exact) mass is 324 g/mol. The molecule has 1 amide bonds. The standard InChI is InChI=1S/C16H24N2O3S/c1-5-22(20,21)18-10-6-7-12-11-13(8-9-14(12)18)17-15(19)16(2,3)4/h8-9,11H,5-7,10H2,1-4H3,(H,17,19). The maximum absolute atomic E-state index is 12.2. The molecule has 0 bridgehead atoms. The topological polar surface area (TPSA) is 66.5 Å². The van der Waals surface area contributed by atoms with Crippen molar-refractivity contribution in [3.8, 4) is 0 Å². The molecule has 0 spiro atoms. The SMILES string of the molecule is CCS(=O)(=O)N1CCCc2cc(NC(=O)C(C)(C)C)ccc21. The molecule has 1 N–H and O–H groups in total. The summed E-state index contributed by atoms with van der Waals surface area (Å²) >= 11 is 0. The Morgan fingerprint density at radius 3 is 2.59 bits per heavy atom. The normalized spacial score (nSPS) is 15.4. The highest BCUT2D eigenvalue weighted by atomic mass is 32.2. The number of amides is 1. The zero-order valence-corrected chi connectivity index (χ0v) is 14.5. The lowest BCUT2D eigenvalue weighted by molar-refractivity contribution is -0.123. The first kappa shape index (κ1) is 16.8. The molecule has 0 aliphatic carbocycles. The summed E-state index contributed by atoms with van der Waals surface area (Å²) in [6, 6.07) is 5.45. The number of hydrogen-bond donors (Lipinski definition) is 1. The number of carbonyl (C=O) groups is 1. The first-order valence-electron chi connectivity index (χ1n) is 7.60. The van der Waals surface area contributed by atoms with Gasteiger partial charge >= 0.3 is 0 Å². The van der Waals surface area contributed by atoms with Crippen LogP contribution in [-0.2, 0) is 21.2 Å². The molecule has 22 heavy (non-hydrogen) atoms. The van der Waals surface area contributed by atoms with Gasteiger partial charge in [0.2, 0.25) is 15.9 Å². The van der Waals surface area contributed by atoms with Crippen LogP contribution in [0.3, 0.4) is 0 Å². The second kappa shape index (κ2) is 5.91. The highest BCUT2D eigenvalue weighted by molar-refractivity contribution is 7.92. The van der Waals surface area contributed by atoms with E-state index in [4.69, 9.17) is 0 Å². The van der Waals surface area contributed by atoms with Gasteiger partial charge in [0, 0.05) is 17.6 Å². The number of hydrogen-bond acceptors (Lipinski definition) is 3. The largest absolute Gasteiger partial charge is 0.326 e. The molecule has 2 rings (SSSR count). The smallest absolute Gasteiger partial charge is 0.234 e. The molecule has 1 aromatic rings. The molecular weight excluding hydrogens is 300 g/mol. The maximum Gasteiger partial charge on any atom is 0.234 e. The summed E-state index contributed by atoms with van der Waals surface area (Å²) in [6.45, 7) is 7.75. The number of carbonyl (C=O) groups excluding carboxylic acids is 1. The molecule has 5 nitrogen and oxygen atoms in total. The van der Waals surface area contributed by atoms with E-state index in [2.05, 4.69) is 5.32 Å². The number of aryl methyl sites for hydroxylation is 1. The summed E-state index contributed by atoms with van der Waals surface area (Å²) in [7, 11) is -3.25. The quantitative estimate of drug-likeness (QED) is 0.929. The van der Waals surface area contributed by atoms with Crippen LogP contribution in [0.25, 0.3) is 0 Å². The van der Waals surface area contributed by atoms with Crippen LogP contribution < -0.4 is 9.62 Å². The molecule has 0 saturated heterocycles. The Morgan fingerprint density at radius 2 is 2.00 bits per heavy atom. The molecule has 1 heterocycles. The van der Waals surface area contributed by atoms with Gasteiger partial charge < -0.3 is 5.32 Å². The molecule has 1 aliphatic rings. The Morgan fingerprint density at radius 1 is 1.32 bits per heavy atom. The van der Waals surface area contributed by atoms with E-state index in [-0.39, 0.29) is 11.7 Å². The van der Waals surface area contributed by atoms with Crippen molar-refractivity contribution in [1.29, 1.82) is 0 Å². The van der Waals surface area contributed by atoms with E-state index in [0.717, 1.165) is 29.8 Å². The lowest BCUT2D eigenvalue weighted by Gasteiger charge is -2.30. The van der Waals surface area contributed by atoms with E-state index in [1.807, 2.05) is 26.8 Å². The van der Waals surface area contributed by atoms with E-state index < -0.39 is 15.4 Å². The van der Waals surface area contributed by atoms with Crippen molar-refractivity contribution >= 4 is 27.3 Å². The molecular formula is C16H24N2O3S. The molecule has 0 atom stereocenters. The van der Waals surface area contributed by atoms with E-state index in [1.54, 1.807) is 19.1 Å². The van der Waals surface area contributed by atoms with E-state index in [9.17, 15) is 13.2 Å². The number of sulfonamides is 1. The lowest BCUT2D eigenvalue weighted by atomic mass is 9.95. The van der Waals surface area contributed by atoms with Crippen molar-refractivity contribution in [3.63, 3.8) is 0 Å². The Hall–Kier alpha value is -1.56. The number of rotatable bonds is 3. The van der Waals surface area contributed by atoms with Crippen LogP contribution >= 0.6 is 0 Å². The van der Waals surface area contributed by atoms with Crippen LogP contribution in [-0.4, -0.2) is 26.6 Å². The minimum absolute atomic E-state index is 0.0544. The third-order valence-electron chi connectivity index (χ3n) is 3.80. The summed E-state index contributed by atoms with van der Waals surface area (Å²) < 4.78 is 25.8. The number of nitrogens with one attached hydrogen (secondary N) is 1. The molecule has 0 saturated carbocycles. The average Bonchev–Trinajstić information content (AvgIpc) is 2.45. The van der Waals surface area contributed by atoms with Crippen LogP contribution in [0, 0.1) is 5.41 Å².